The molecular formula is C24H26N2O2. The smallest absolute Gasteiger partial charge is 0.262 e. The van der Waals surface area contributed by atoms with E-state index in [0.29, 0.717) is 11.7 Å². The average Bonchev–Trinajstić information content (AvgIpc) is 2.74. The summed E-state index contributed by atoms with van der Waals surface area (Å²) in [4.78, 5) is 16.2. The first kappa shape index (κ1) is 19.6. The third-order valence-electron chi connectivity index (χ3n) is 4.83. The van der Waals surface area contributed by atoms with E-state index in [1.807, 2.05) is 48.5 Å². The van der Waals surface area contributed by atoms with Crippen molar-refractivity contribution in [2.75, 3.05) is 11.9 Å². The van der Waals surface area contributed by atoms with Crippen molar-refractivity contribution in [2.24, 2.45) is 0 Å². The molecule has 0 unspecified atom stereocenters. The molecular weight excluding hydrogens is 348 g/mol. The molecule has 0 radical (unpaired) electrons. The maximum absolute atomic E-state index is 12.1. The molecule has 1 N–H and O–H groups in total. The number of pyridine rings is 1. The van der Waals surface area contributed by atoms with Gasteiger partial charge in [0.2, 0.25) is 0 Å². The molecule has 1 amide bonds. The maximum atomic E-state index is 12.1. The fourth-order valence-corrected chi connectivity index (χ4v) is 2.92. The second kappa shape index (κ2) is 9.70. The zero-order chi connectivity index (χ0) is 19.8. The first-order valence-corrected chi connectivity index (χ1v) is 9.64. The number of aromatic nitrogens is 1. The van der Waals surface area contributed by atoms with E-state index >= 15 is 0 Å². The zero-order valence-electron chi connectivity index (χ0n) is 16.4. The Morgan fingerprint density at radius 2 is 1.61 bits per heavy atom. The van der Waals surface area contributed by atoms with Gasteiger partial charge in [0.25, 0.3) is 5.91 Å². The lowest BCUT2D eigenvalue weighted by atomic mass is 9.99. The minimum Gasteiger partial charge on any atom is -0.484 e. The van der Waals surface area contributed by atoms with Gasteiger partial charge in [-0.3, -0.25) is 9.78 Å². The highest BCUT2D eigenvalue weighted by Crippen LogP contribution is 2.21. The van der Waals surface area contributed by atoms with Crippen LogP contribution < -0.4 is 10.1 Å². The lowest BCUT2D eigenvalue weighted by Crippen LogP contribution is -2.20. The predicted octanol–water partition coefficient (Wildman–Crippen LogP) is 5.20. The number of hydrogen-bond acceptors (Lipinski definition) is 3. The third-order valence-corrected chi connectivity index (χ3v) is 4.83. The highest BCUT2D eigenvalue weighted by molar-refractivity contribution is 5.91. The van der Waals surface area contributed by atoms with Crippen LogP contribution in [0.4, 0.5) is 5.69 Å². The van der Waals surface area contributed by atoms with Crippen molar-refractivity contribution in [3.05, 3.63) is 89.7 Å². The van der Waals surface area contributed by atoms with Gasteiger partial charge < -0.3 is 10.1 Å². The molecule has 1 heterocycles. The van der Waals surface area contributed by atoms with Gasteiger partial charge in [-0.2, -0.15) is 0 Å². The Labute approximate surface area is 166 Å². The van der Waals surface area contributed by atoms with Gasteiger partial charge >= 0.3 is 0 Å². The molecule has 0 bridgehead atoms. The Bertz CT molecular complexity index is 875. The van der Waals surface area contributed by atoms with Crippen molar-refractivity contribution < 1.29 is 9.53 Å². The number of nitrogens with zero attached hydrogens (tertiary/aromatic N) is 1. The highest BCUT2D eigenvalue weighted by Gasteiger charge is 2.06. The van der Waals surface area contributed by atoms with Crippen molar-refractivity contribution in [3.8, 4) is 5.75 Å². The fraction of sp³-hybridized carbons (Fsp3) is 0.250. The second-order valence-corrected chi connectivity index (χ2v) is 6.94. The molecule has 0 saturated carbocycles. The summed E-state index contributed by atoms with van der Waals surface area (Å²) < 4.78 is 5.59. The number of amides is 1. The minimum absolute atomic E-state index is 0.0125. The molecule has 0 aliphatic rings. The number of ether oxygens (including phenoxy) is 1. The summed E-state index contributed by atoms with van der Waals surface area (Å²) in [5.74, 6) is 1.06. The van der Waals surface area contributed by atoms with Crippen LogP contribution in [-0.2, 0) is 11.2 Å². The van der Waals surface area contributed by atoms with Crippen molar-refractivity contribution >= 4 is 11.6 Å². The summed E-state index contributed by atoms with van der Waals surface area (Å²) >= 11 is 0. The summed E-state index contributed by atoms with van der Waals surface area (Å²) in [6, 6.07) is 19.8. The number of rotatable bonds is 8. The van der Waals surface area contributed by atoms with Crippen LogP contribution >= 0.6 is 0 Å². The normalized spacial score (nSPS) is 11.6. The average molecular weight is 374 g/mol. The molecule has 2 aromatic carbocycles. The lowest BCUT2D eigenvalue weighted by molar-refractivity contribution is -0.118. The topological polar surface area (TPSA) is 51.2 Å². The molecule has 4 heteroatoms. The molecule has 28 heavy (non-hydrogen) atoms. The Balaban J connectivity index is 1.48. The molecule has 144 valence electrons. The first-order valence-electron chi connectivity index (χ1n) is 9.64. The van der Waals surface area contributed by atoms with Gasteiger partial charge in [-0.05, 0) is 71.8 Å². The monoisotopic (exact) mass is 374 g/mol. The fourth-order valence-electron chi connectivity index (χ4n) is 2.92. The zero-order valence-corrected chi connectivity index (χ0v) is 16.4. The largest absolute Gasteiger partial charge is 0.484 e. The molecule has 0 fully saturated rings. The Morgan fingerprint density at radius 1 is 0.964 bits per heavy atom. The van der Waals surface area contributed by atoms with Crippen LogP contribution in [0.25, 0.3) is 0 Å². The molecule has 3 aromatic rings. The van der Waals surface area contributed by atoms with Gasteiger partial charge in [0.1, 0.15) is 5.75 Å². The van der Waals surface area contributed by atoms with Crippen LogP contribution in [0.1, 0.15) is 42.9 Å². The summed E-state index contributed by atoms with van der Waals surface area (Å²) in [7, 11) is 0. The van der Waals surface area contributed by atoms with E-state index in [2.05, 4.69) is 36.3 Å². The van der Waals surface area contributed by atoms with E-state index < -0.39 is 0 Å². The van der Waals surface area contributed by atoms with Crippen LogP contribution in [-0.4, -0.2) is 17.5 Å². The Hall–Kier alpha value is -3.14. The van der Waals surface area contributed by atoms with Crippen LogP contribution in [0.5, 0.6) is 5.75 Å². The second-order valence-electron chi connectivity index (χ2n) is 6.94. The van der Waals surface area contributed by atoms with E-state index in [1.54, 1.807) is 12.4 Å². The van der Waals surface area contributed by atoms with Gasteiger partial charge in [0.15, 0.2) is 6.61 Å². The van der Waals surface area contributed by atoms with E-state index in [4.69, 9.17) is 4.74 Å². The van der Waals surface area contributed by atoms with Gasteiger partial charge in [-0.1, -0.05) is 38.1 Å². The van der Waals surface area contributed by atoms with E-state index in [-0.39, 0.29) is 12.5 Å². The van der Waals surface area contributed by atoms with Crippen LogP contribution in [0, 0.1) is 0 Å². The number of carbonyl (C=O) groups is 1. The lowest BCUT2D eigenvalue weighted by Gasteiger charge is -2.11. The number of hydrogen-bond donors (Lipinski definition) is 1. The molecule has 0 spiro atoms. The number of anilines is 1. The van der Waals surface area contributed by atoms with E-state index in [0.717, 1.165) is 18.5 Å². The summed E-state index contributed by atoms with van der Waals surface area (Å²) in [6.45, 7) is 4.36. The number of benzene rings is 2. The SMILES string of the molecule is CC[C@@H](C)c1ccc(OCC(=O)Nc2ccc(Cc3ccncc3)cc2)cc1. The van der Waals surface area contributed by atoms with Gasteiger partial charge in [0.05, 0.1) is 0 Å². The van der Waals surface area contributed by atoms with Crippen molar-refractivity contribution in [1.29, 1.82) is 0 Å². The van der Waals surface area contributed by atoms with Crippen LogP contribution in [0.3, 0.4) is 0 Å². The molecule has 1 atom stereocenters. The Kier molecular flexibility index (Phi) is 6.79. The number of nitrogens with one attached hydrogen (secondary N) is 1. The highest BCUT2D eigenvalue weighted by atomic mass is 16.5. The van der Waals surface area contributed by atoms with Crippen molar-refractivity contribution in [3.63, 3.8) is 0 Å². The summed E-state index contributed by atoms with van der Waals surface area (Å²) in [5.41, 5.74) is 4.44. The van der Waals surface area contributed by atoms with Crippen LogP contribution in [0.15, 0.2) is 73.1 Å². The standard InChI is InChI=1S/C24H26N2O2/c1-3-18(2)21-6-10-23(11-7-21)28-17-24(27)26-22-8-4-19(5-9-22)16-20-12-14-25-15-13-20/h4-15,18H,3,16-17H2,1-2H3,(H,26,27)/t18-/m1/s1. The van der Waals surface area contributed by atoms with Gasteiger partial charge in [-0.15, -0.1) is 0 Å². The molecule has 0 aliphatic heterocycles. The summed E-state index contributed by atoms with van der Waals surface area (Å²) in [6.07, 6.45) is 5.53. The Morgan fingerprint density at radius 3 is 2.25 bits per heavy atom. The third kappa shape index (κ3) is 5.68. The molecule has 4 nitrogen and oxygen atoms in total. The van der Waals surface area contributed by atoms with Crippen molar-refractivity contribution in [2.45, 2.75) is 32.6 Å². The predicted molar refractivity (Wildman–Crippen MR) is 113 cm³/mol. The van der Waals surface area contributed by atoms with Gasteiger partial charge in [-0.25, -0.2) is 0 Å². The quantitative estimate of drug-likeness (QED) is 0.589. The van der Waals surface area contributed by atoms with Gasteiger partial charge in [0, 0.05) is 18.1 Å². The molecule has 3 rings (SSSR count). The number of carbonyl (C=O) groups excluding carboxylic acids is 1. The van der Waals surface area contributed by atoms with E-state index in [1.165, 1.54) is 16.7 Å². The molecule has 0 saturated heterocycles. The molecule has 1 aromatic heterocycles. The maximum Gasteiger partial charge on any atom is 0.262 e. The minimum atomic E-state index is -0.173. The summed E-state index contributed by atoms with van der Waals surface area (Å²) in [5, 5.41) is 2.87. The first-order chi connectivity index (χ1) is 13.6. The van der Waals surface area contributed by atoms with Crippen LogP contribution in [0.2, 0.25) is 0 Å². The molecule has 0 aliphatic carbocycles. The van der Waals surface area contributed by atoms with Crippen molar-refractivity contribution in [1.82, 2.24) is 4.98 Å². The van der Waals surface area contributed by atoms with E-state index in [9.17, 15) is 4.79 Å².